The van der Waals surface area contributed by atoms with Crippen LogP contribution >= 0.6 is 11.6 Å². The second-order valence-corrected chi connectivity index (χ2v) is 9.22. The number of nitrogens with zero attached hydrogens (tertiary/aromatic N) is 3. The highest BCUT2D eigenvalue weighted by Crippen LogP contribution is 2.38. The first-order valence-corrected chi connectivity index (χ1v) is 10.4. The van der Waals surface area contributed by atoms with Crippen molar-refractivity contribution in [3.8, 4) is 0 Å². The molecule has 1 aliphatic heterocycles. The molecule has 8 heteroatoms. The van der Waals surface area contributed by atoms with Gasteiger partial charge in [0.2, 0.25) is 15.9 Å². The molecule has 0 bridgehead atoms. The number of benzene rings is 1. The Morgan fingerprint density at radius 1 is 1.20 bits per heavy atom. The van der Waals surface area contributed by atoms with Gasteiger partial charge in [-0.1, -0.05) is 16.8 Å². The van der Waals surface area contributed by atoms with Crippen LogP contribution in [0.4, 0.5) is 0 Å². The van der Waals surface area contributed by atoms with E-state index in [0.29, 0.717) is 36.3 Å². The van der Waals surface area contributed by atoms with E-state index in [4.69, 9.17) is 16.1 Å². The third-order valence-corrected chi connectivity index (χ3v) is 6.95. The molecule has 1 aromatic carbocycles. The molecule has 2 fully saturated rings. The molecule has 1 aromatic heterocycles. The van der Waals surface area contributed by atoms with Gasteiger partial charge in [-0.25, -0.2) is 8.42 Å². The lowest BCUT2D eigenvalue weighted by Crippen LogP contribution is -2.40. The Labute approximate surface area is 152 Å². The Hall–Kier alpha value is -1.44. The van der Waals surface area contributed by atoms with Crippen molar-refractivity contribution >= 4 is 21.6 Å². The van der Waals surface area contributed by atoms with E-state index in [9.17, 15) is 8.42 Å². The average Bonchev–Trinajstić information content (AvgIpc) is 3.36. The van der Waals surface area contributed by atoms with Crippen molar-refractivity contribution < 1.29 is 12.9 Å². The Kier molecular flexibility index (Phi) is 4.56. The van der Waals surface area contributed by atoms with Crippen LogP contribution in [0.2, 0.25) is 5.02 Å². The zero-order valence-corrected chi connectivity index (χ0v) is 15.3. The standard InChI is InChI=1S/C17H20ClN3O3S/c18-14-5-7-15(8-6-14)25(22,23)21-9-1-2-12(11-21)10-16-19-17(20-24-16)13-3-4-13/h5-8,12-13H,1-4,9-11H2. The lowest BCUT2D eigenvalue weighted by molar-refractivity contribution is 0.247. The summed E-state index contributed by atoms with van der Waals surface area (Å²) < 4.78 is 32.6. The van der Waals surface area contributed by atoms with Gasteiger partial charge in [0.15, 0.2) is 5.82 Å². The number of hydrogen-bond donors (Lipinski definition) is 0. The Morgan fingerprint density at radius 3 is 2.68 bits per heavy atom. The predicted octanol–water partition coefficient (Wildman–Crippen LogP) is 3.24. The largest absolute Gasteiger partial charge is 0.339 e. The number of piperidine rings is 1. The highest BCUT2D eigenvalue weighted by molar-refractivity contribution is 7.89. The topological polar surface area (TPSA) is 76.3 Å². The van der Waals surface area contributed by atoms with Crippen LogP contribution in [0.5, 0.6) is 0 Å². The monoisotopic (exact) mass is 381 g/mol. The summed E-state index contributed by atoms with van der Waals surface area (Å²) in [5.74, 6) is 2.09. The quantitative estimate of drug-likeness (QED) is 0.794. The fraction of sp³-hybridized carbons (Fsp3) is 0.529. The molecule has 2 aliphatic rings. The molecule has 0 radical (unpaired) electrons. The van der Waals surface area contributed by atoms with Gasteiger partial charge in [-0.3, -0.25) is 0 Å². The molecule has 2 aromatic rings. The van der Waals surface area contributed by atoms with Gasteiger partial charge in [-0.05, 0) is 55.9 Å². The number of hydrogen-bond acceptors (Lipinski definition) is 5. The van der Waals surface area contributed by atoms with Crippen LogP contribution in [0.15, 0.2) is 33.7 Å². The minimum Gasteiger partial charge on any atom is -0.339 e. The van der Waals surface area contributed by atoms with Crippen molar-refractivity contribution in [1.82, 2.24) is 14.4 Å². The smallest absolute Gasteiger partial charge is 0.243 e. The van der Waals surface area contributed by atoms with Crippen LogP contribution in [0.3, 0.4) is 0 Å². The molecule has 0 spiro atoms. The van der Waals surface area contributed by atoms with Crippen molar-refractivity contribution in [3.63, 3.8) is 0 Å². The molecule has 0 N–H and O–H groups in total. The van der Waals surface area contributed by atoms with Crippen LogP contribution in [0, 0.1) is 5.92 Å². The molecule has 4 rings (SSSR count). The molecule has 25 heavy (non-hydrogen) atoms. The summed E-state index contributed by atoms with van der Waals surface area (Å²) in [7, 11) is -3.49. The SMILES string of the molecule is O=S(=O)(c1ccc(Cl)cc1)N1CCCC(Cc2nc(C3CC3)no2)C1. The molecular formula is C17H20ClN3O3S. The summed E-state index contributed by atoms with van der Waals surface area (Å²) in [5.41, 5.74) is 0. The molecule has 0 amide bonds. The summed E-state index contributed by atoms with van der Waals surface area (Å²) in [6.07, 6.45) is 4.70. The first kappa shape index (κ1) is 17.0. The molecule has 6 nitrogen and oxygen atoms in total. The summed E-state index contributed by atoms with van der Waals surface area (Å²) in [6.45, 7) is 1.02. The van der Waals surface area contributed by atoms with E-state index in [1.165, 1.54) is 0 Å². The summed E-state index contributed by atoms with van der Waals surface area (Å²) in [6, 6.07) is 6.32. The van der Waals surface area contributed by atoms with E-state index in [1.807, 2.05) is 0 Å². The summed E-state index contributed by atoms with van der Waals surface area (Å²) in [5, 5.41) is 4.56. The van der Waals surface area contributed by atoms with Crippen molar-refractivity contribution in [2.45, 2.75) is 42.9 Å². The van der Waals surface area contributed by atoms with Gasteiger partial charge in [-0.2, -0.15) is 9.29 Å². The molecule has 1 atom stereocenters. The van der Waals surface area contributed by atoms with Crippen LogP contribution in [-0.4, -0.2) is 36.0 Å². The lowest BCUT2D eigenvalue weighted by Gasteiger charge is -2.31. The van der Waals surface area contributed by atoms with Gasteiger partial charge in [0.1, 0.15) is 0 Å². The molecule has 1 saturated carbocycles. The molecular weight excluding hydrogens is 362 g/mol. The van der Waals surface area contributed by atoms with Crippen LogP contribution in [-0.2, 0) is 16.4 Å². The van der Waals surface area contributed by atoms with Crippen LogP contribution < -0.4 is 0 Å². The summed E-state index contributed by atoms with van der Waals surface area (Å²) in [4.78, 5) is 4.74. The third-order valence-electron chi connectivity index (χ3n) is 4.82. The molecule has 2 heterocycles. The maximum Gasteiger partial charge on any atom is 0.243 e. The van der Waals surface area contributed by atoms with E-state index in [-0.39, 0.29) is 10.8 Å². The van der Waals surface area contributed by atoms with Gasteiger partial charge < -0.3 is 4.52 Å². The average molecular weight is 382 g/mol. The molecule has 1 unspecified atom stereocenters. The maximum atomic E-state index is 12.8. The number of sulfonamides is 1. The first-order chi connectivity index (χ1) is 12.0. The first-order valence-electron chi connectivity index (χ1n) is 8.60. The van der Waals surface area contributed by atoms with Crippen LogP contribution in [0.1, 0.15) is 43.3 Å². The number of halogens is 1. The van der Waals surface area contributed by atoms with Crippen molar-refractivity contribution in [1.29, 1.82) is 0 Å². The van der Waals surface area contributed by atoms with Crippen molar-refractivity contribution in [3.05, 3.63) is 41.0 Å². The Morgan fingerprint density at radius 2 is 1.96 bits per heavy atom. The molecule has 1 saturated heterocycles. The van der Waals surface area contributed by atoms with Crippen LogP contribution in [0.25, 0.3) is 0 Å². The van der Waals surface area contributed by atoms with E-state index in [2.05, 4.69) is 10.1 Å². The molecule has 134 valence electrons. The van der Waals surface area contributed by atoms with Crippen molar-refractivity contribution in [2.24, 2.45) is 5.92 Å². The second kappa shape index (κ2) is 6.70. The van der Waals surface area contributed by atoms with Gasteiger partial charge >= 0.3 is 0 Å². The van der Waals surface area contributed by atoms with E-state index >= 15 is 0 Å². The Balaban J connectivity index is 1.45. The van der Waals surface area contributed by atoms with Gasteiger partial charge in [-0.15, -0.1) is 0 Å². The van der Waals surface area contributed by atoms with E-state index in [1.54, 1.807) is 28.6 Å². The zero-order chi connectivity index (χ0) is 17.4. The van der Waals surface area contributed by atoms with Gasteiger partial charge in [0, 0.05) is 30.5 Å². The molecule has 1 aliphatic carbocycles. The second-order valence-electron chi connectivity index (χ2n) is 6.85. The number of aromatic nitrogens is 2. The number of rotatable bonds is 5. The van der Waals surface area contributed by atoms with Gasteiger partial charge in [0.25, 0.3) is 0 Å². The Bertz CT molecular complexity index is 846. The highest BCUT2D eigenvalue weighted by Gasteiger charge is 2.32. The predicted molar refractivity (Wildman–Crippen MR) is 92.9 cm³/mol. The fourth-order valence-corrected chi connectivity index (χ4v) is 4.95. The minimum absolute atomic E-state index is 0.198. The normalized spacial score (nSPS) is 22.2. The highest BCUT2D eigenvalue weighted by atomic mass is 35.5. The maximum absolute atomic E-state index is 12.8. The third kappa shape index (κ3) is 3.73. The van der Waals surface area contributed by atoms with Crippen molar-refractivity contribution in [2.75, 3.05) is 13.1 Å². The van der Waals surface area contributed by atoms with E-state index in [0.717, 1.165) is 31.5 Å². The zero-order valence-electron chi connectivity index (χ0n) is 13.8. The minimum atomic E-state index is -3.49. The lowest BCUT2D eigenvalue weighted by atomic mass is 9.96. The summed E-state index contributed by atoms with van der Waals surface area (Å²) >= 11 is 5.86. The van der Waals surface area contributed by atoms with E-state index < -0.39 is 10.0 Å². The van der Waals surface area contributed by atoms with Gasteiger partial charge in [0.05, 0.1) is 4.90 Å². The fourth-order valence-electron chi connectivity index (χ4n) is 3.27.